The van der Waals surface area contributed by atoms with Gasteiger partial charge in [-0.05, 0) is 117 Å². The number of hydrogen-bond acceptors (Lipinski definition) is 2. The third-order valence-corrected chi connectivity index (χ3v) is 11.7. The summed E-state index contributed by atoms with van der Waals surface area (Å²) < 4.78 is 4.54. The van der Waals surface area contributed by atoms with E-state index < -0.39 is 0 Å². The van der Waals surface area contributed by atoms with Gasteiger partial charge in [-0.15, -0.1) is 0 Å². The number of nitrogens with zero attached hydrogens (tertiary/aromatic N) is 4. The van der Waals surface area contributed by atoms with Gasteiger partial charge in [-0.3, -0.25) is 8.97 Å². The standard InChI is InChI=1S/C52H38N4/c1-52(2)46-18-10-9-17-43(46)44-31-29-42(34-47(44)52)55(40-25-20-36(21-26-40)35-13-5-3-6-14-35)41-27-22-37(23-28-41)38-24-30-45-48(33-38)56(39-15-7-4-8-16-39)51-50(45)53-49-19-11-12-32-54(49)51/h3-34H,1-2H3. The number of hydrogen-bond donors (Lipinski definition) is 0. The molecule has 7 aromatic carbocycles. The van der Waals surface area contributed by atoms with Crippen molar-refractivity contribution in [1.29, 1.82) is 0 Å². The van der Waals surface area contributed by atoms with Crippen molar-refractivity contribution in [3.05, 3.63) is 205 Å². The average Bonchev–Trinajstić information content (AvgIpc) is 3.86. The van der Waals surface area contributed by atoms with Gasteiger partial charge in [0.2, 0.25) is 0 Å². The third-order valence-electron chi connectivity index (χ3n) is 11.7. The van der Waals surface area contributed by atoms with Crippen LogP contribution < -0.4 is 4.90 Å². The zero-order valence-corrected chi connectivity index (χ0v) is 31.3. The zero-order valence-electron chi connectivity index (χ0n) is 31.3. The number of aromatic nitrogens is 3. The molecule has 4 nitrogen and oxygen atoms in total. The second-order valence-electron chi connectivity index (χ2n) is 15.3. The van der Waals surface area contributed by atoms with Gasteiger partial charge in [0, 0.05) is 39.7 Å². The van der Waals surface area contributed by atoms with E-state index in [1.54, 1.807) is 0 Å². The van der Waals surface area contributed by atoms with E-state index in [0.29, 0.717) is 0 Å². The molecule has 0 saturated heterocycles. The number of fused-ring (bicyclic) bond motifs is 8. The lowest BCUT2D eigenvalue weighted by Gasteiger charge is -2.28. The van der Waals surface area contributed by atoms with Gasteiger partial charge in [-0.2, -0.15) is 0 Å². The van der Waals surface area contributed by atoms with Crippen LogP contribution in [0.25, 0.3) is 66.8 Å². The van der Waals surface area contributed by atoms with Crippen LogP contribution >= 0.6 is 0 Å². The number of imidazole rings is 1. The molecule has 0 aliphatic heterocycles. The maximum absolute atomic E-state index is 5.08. The van der Waals surface area contributed by atoms with Gasteiger partial charge in [0.25, 0.3) is 0 Å². The molecule has 0 saturated carbocycles. The fourth-order valence-electron chi connectivity index (χ4n) is 8.94. The molecule has 1 aliphatic rings. The van der Waals surface area contributed by atoms with E-state index in [2.05, 4.69) is 216 Å². The Balaban J connectivity index is 1.03. The Hall–Kier alpha value is -7.17. The molecule has 0 N–H and O–H groups in total. The Morgan fingerprint density at radius 3 is 1.82 bits per heavy atom. The van der Waals surface area contributed by atoms with Crippen molar-refractivity contribution in [1.82, 2.24) is 14.0 Å². The first-order valence-corrected chi connectivity index (χ1v) is 19.3. The normalized spacial score (nSPS) is 13.0. The van der Waals surface area contributed by atoms with Crippen LogP contribution in [0.3, 0.4) is 0 Å². The highest BCUT2D eigenvalue weighted by molar-refractivity contribution is 6.08. The molecule has 0 amide bonds. The molecule has 0 bridgehead atoms. The van der Waals surface area contributed by atoms with Gasteiger partial charge in [0.1, 0.15) is 11.2 Å². The molecule has 56 heavy (non-hydrogen) atoms. The molecule has 0 unspecified atom stereocenters. The summed E-state index contributed by atoms with van der Waals surface area (Å²) in [5.74, 6) is 0. The van der Waals surface area contributed by atoms with Crippen LogP contribution in [-0.2, 0) is 5.41 Å². The molecule has 1 aliphatic carbocycles. The van der Waals surface area contributed by atoms with Crippen LogP contribution in [-0.4, -0.2) is 14.0 Å². The molecule has 0 spiro atoms. The second kappa shape index (κ2) is 12.4. The smallest absolute Gasteiger partial charge is 0.150 e. The van der Waals surface area contributed by atoms with Crippen molar-refractivity contribution in [2.75, 3.05) is 4.90 Å². The van der Waals surface area contributed by atoms with Gasteiger partial charge >= 0.3 is 0 Å². The summed E-state index contributed by atoms with van der Waals surface area (Å²) in [6.07, 6.45) is 2.10. The van der Waals surface area contributed by atoms with Gasteiger partial charge in [0.15, 0.2) is 5.65 Å². The van der Waals surface area contributed by atoms with Gasteiger partial charge in [-0.25, -0.2) is 4.98 Å². The fourth-order valence-corrected chi connectivity index (χ4v) is 8.94. The molecule has 266 valence electrons. The molecule has 0 fully saturated rings. The molecule has 0 radical (unpaired) electrons. The second-order valence-corrected chi connectivity index (χ2v) is 15.3. The first-order valence-electron chi connectivity index (χ1n) is 19.3. The molecule has 4 heteroatoms. The first-order chi connectivity index (χ1) is 27.5. The number of pyridine rings is 1. The molecule has 3 heterocycles. The predicted octanol–water partition coefficient (Wildman–Crippen LogP) is 13.5. The highest BCUT2D eigenvalue weighted by Gasteiger charge is 2.35. The Bertz CT molecular complexity index is 3080. The van der Waals surface area contributed by atoms with Crippen molar-refractivity contribution >= 4 is 44.8 Å². The number of benzene rings is 7. The van der Waals surface area contributed by atoms with Crippen molar-refractivity contribution in [3.63, 3.8) is 0 Å². The summed E-state index contributed by atoms with van der Waals surface area (Å²) in [6.45, 7) is 4.70. The quantitative estimate of drug-likeness (QED) is 0.171. The summed E-state index contributed by atoms with van der Waals surface area (Å²) in [7, 11) is 0. The zero-order chi connectivity index (χ0) is 37.4. The monoisotopic (exact) mass is 718 g/mol. The van der Waals surface area contributed by atoms with Gasteiger partial charge in [0.05, 0.1) is 5.52 Å². The average molecular weight is 719 g/mol. The number of anilines is 3. The van der Waals surface area contributed by atoms with E-state index in [-0.39, 0.29) is 5.41 Å². The lowest BCUT2D eigenvalue weighted by Crippen LogP contribution is -2.16. The number of rotatable bonds is 6. The van der Waals surface area contributed by atoms with Crippen molar-refractivity contribution in [3.8, 4) is 39.1 Å². The molecular weight excluding hydrogens is 681 g/mol. The maximum atomic E-state index is 5.08. The summed E-state index contributed by atoms with van der Waals surface area (Å²) in [5.41, 5.74) is 18.7. The highest BCUT2D eigenvalue weighted by atomic mass is 15.2. The lowest BCUT2D eigenvalue weighted by atomic mass is 9.82. The summed E-state index contributed by atoms with van der Waals surface area (Å²) in [4.78, 5) is 7.47. The van der Waals surface area contributed by atoms with Crippen LogP contribution in [0, 0.1) is 0 Å². The van der Waals surface area contributed by atoms with E-state index in [1.807, 2.05) is 6.07 Å². The summed E-state index contributed by atoms with van der Waals surface area (Å²) >= 11 is 0. The van der Waals surface area contributed by atoms with Crippen molar-refractivity contribution in [2.45, 2.75) is 19.3 Å². The van der Waals surface area contributed by atoms with Crippen LogP contribution in [0.4, 0.5) is 17.1 Å². The predicted molar refractivity (Wildman–Crippen MR) is 233 cm³/mol. The van der Waals surface area contributed by atoms with Crippen LogP contribution in [0.1, 0.15) is 25.0 Å². The Morgan fingerprint density at radius 2 is 1.07 bits per heavy atom. The Morgan fingerprint density at radius 1 is 0.482 bits per heavy atom. The molecule has 0 atom stereocenters. The van der Waals surface area contributed by atoms with Crippen molar-refractivity contribution < 1.29 is 0 Å². The van der Waals surface area contributed by atoms with Gasteiger partial charge in [-0.1, -0.05) is 129 Å². The number of para-hydroxylation sites is 1. The third kappa shape index (κ3) is 4.96. The maximum Gasteiger partial charge on any atom is 0.150 e. The highest BCUT2D eigenvalue weighted by Crippen LogP contribution is 2.50. The molecule has 11 rings (SSSR count). The Kier molecular flexibility index (Phi) is 7.17. The minimum absolute atomic E-state index is 0.0985. The topological polar surface area (TPSA) is 25.5 Å². The van der Waals surface area contributed by atoms with Gasteiger partial charge < -0.3 is 4.90 Å². The van der Waals surface area contributed by atoms with E-state index in [0.717, 1.165) is 61.6 Å². The molecule has 3 aromatic heterocycles. The summed E-state index contributed by atoms with van der Waals surface area (Å²) in [6, 6.07) is 68.0. The van der Waals surface area contributed by atoms with Crippen molar-refractivity contribution in [2.24, 2.45) is 0 Å². The van der Waals surface area contributed by atoms with Crippen LogP contribution in [0.5, 0.6) is 0 Å². The van der Waals surface area contributed by atoms with Crippen LogP contribution in [0.15, 0.2) is 194 Å². The minimum atomic E-state index is -0.0985. The van der Waals surface area contributed by atoms with E-state index in [1.165, 1.54) is 33.4 Å². The molecular formula is C52H38N4. The van der Waals surface area contributed by atoms with E-state index in [4.69, 9.17) is 4.98 Å². The summed E-state index contributed by atoms with van der Waals surface area (Å²) in [5, 5.41) is 1.14. The van der Waals surface area contributed by atoms with E-state index >= 15 is 0 Å². The van der Waals surface area contributed by atoms with E-state index in [9.17, 15) is 0 Å². The van der Waals surface area contributed by atoms with Crippen LogP contribution in [0.2, 0.25) is 0 Å². The lowest BCUT2D eigenvalue weighted by molar-refractivity contribution is 0.660. The minimum Gasteiger partial charge on any atom is -0.310 e. The SMILES string of the molecule is CC1(C)c2ccccc2-c2ccc(N(c3ccc(-c4ccccc4)cc3)c3ccc(-c4ccc5c6nc7ccccn7c6n(-c6ccccc6)c5c4)cc3)cc21. The largest absolute Gasteiger partial charge is 0.310 e. The molecule has 10 aromatic rings. The first kappa shape index (κ1) is 32.3. The Labute approximate surface area is 326 Å². The fraction of sp³-hybridized carbons (Fsp3) is 0.0577.